The molecule has 0 aliphatic heterocycles. The molecule has 0 spiro atoms. The fourth-order valence-electron chi connectivity index (χ4n) is 4.61. The van der Waals surface area contributed by atoms with Crippen molar-refractivity contribution in [1.82, 2.24) is 20.9 Å². The normalized spacial score (nSPS) is 14.8. The third-order valence-electron chi connectivity index (χ3n) is 7.43. The summed E-state index contributed by atoms with van der Waals surface area (Å²) in [5.41, 5.74) is 8.67. The van der Waals surface area contributed by atoms with Gasteiger partial charge in [-0.1, -0.05) is 68.8 Å². The van der Waals surface area contributed by atoms with Crippen molar-refractivity contribution in [2.75, 3.05) is 12.0 Å². The van der Waals surface area contributed by atoms with Crippen LogP contribution < -0.4 is 21.7 Å². The molecule has 5 unspecified atom stereocenters. The molecule has 42 heavy (non-hydrogen) atoms. The van der Waals surface area contributed by atoms with Crippen molar-refractivity contribution in [1.29, 1.82) is 0 Å². The van der Waals surface area contributed by atoms with Crippen molar-refractivity contribution >= 4 is 46.4 Å². The number of hydrogen-bond acceptors (Lipinski definition) is 6. The molecule has 0 fully saturated rings. The molecule has 226 valence electrons. The molecule has 0 aliphatic carbocycles. The van der Waals surface area contributed by atoms with Gasteiger partial charge in [-0.05, 0) is 41.5 Å². The molecule has 0 aliphatic rings. The van der Waals surface area contributed by atoms with Crippen LogP contribution in [-0.2, 0) is 32.0 Å². The number of aliphatic carboxylic acids is 1. The Morgan fingerprint density at radius 2 is 1.48 bits per heavy atom. The monoisotopic (exact) mass is 595 g/mol. The Labute approximate surface area is 250 Å². The molecule has 0 bridgehead atoms. The number of H-pyrrole nitrogens is 1. The second-order valence-corrected chi connectivity index (χ2v) is 11.5. The van der Waals surface area contributed by atoms with Crippen molar-refractivity contribution in [2.24, 2.45) is 11.7 Å². The quantitative estimate of drug-likeness (QED) is 0.148. The number of carboxylic acids is 1. The number of aromatic amines is 1. The smallest absolute Gasteiger partial charge is 0.326 e. The van der Waals surface area contributed by atoms with Gasteiger partial charge in [0.15, 0.2) is 0 Å². The molecule has 10 nitrogen and oxygen atoms in total. The van der Waals surface area contributed by atoms with Gasteiger partial charge in [-0.3, -0.25) is 14.4 Å². The van der Waals surface area contributed by atoms with Gasteiger partial charge in [0.1, 0.15) is 18.1 Å². The Kier molecular flexibility index (Phi) is 12.4. The van der Waals surface area contributed by atoms with E-state index in [1.807, 2.05) is 74.7 Å². The van der Waals surface area contributed by atoms with Gasteiger partial charge in [0.2, 0.25) is 17.7 Å². The predicted molar refractivity (Wildman–Crippen MR) is 166 cm³/mol. The molecule has 3 amide bonds. The van der Waals surface area contributed by atoms with Crippen LogP contribution in [0.3, 0.4) is 0 Å². The van der Waals surface area contributed by atoms with Crippen molar-refractivity contribution in [3.05, 3.63) is 71.9 Å². The van der Waals surface area contributed by atoms with Crippen LogP contribution in [0.4, 0.5) is 0 Å². The number of benzene rings is 2. The molecule has 7 N–H and O–H groups in total. The van der Waals surface area contributed by atoms with Crippen LogP contribution in [-0.4, -0.2) is 70.0 Å². The van der Waals surface area contributed by atoms with Crippen LogP contribution >= 0.6 is 11.8 Å². The van der Waals surface area contributed by atoms with E-state index in [-0.39, 0.29) is 25.2 Å². The summed E-state index contributed by atoms with van der Waals surface area (Å²) in [4.78, 5) is 55.4. The van der Waals surface area contributed by atoms with Crippen LogP contribution in [0.2, 0.25) is 0 Å². The molecule has 11 heteroatoms. The highest BCUT2D eigenvalue weighted by Gasteiger charge is 2.31. The molecule has 2 aromatic carbocycles. The van der Waals surface area contributed by atoms with Crippen molar-refractivity contribution in [3.8, 4) is 0 Å². The Hall–Kier alpha value is -3.83. The molecule has 0 radical (unpaired) electrons. The van der Waals surface area contributed by atoms with Gasteiger partial charge in [0.05, 0.1) is 6.04 Å². The highest BCUT2D eigenvalue weighted by Crippen LogP contribution is 2.20. The standard InChI is InChI=1S/C31H41N5O5S/c1-4-19(2)27(32)30(39)36-26(17-21-18-33-23-13-9-8-12-22(21)23)29(38)35-25(16-20-10-6-5-7-11-20)28(37)34-24(31(40)41)14-15-42-3/h5-13,18-19,24-27,33H,4,14-17,32H2,1-3H3,(H,34,37)(H,35,38)(H,36,39)(H,40,41). The predicted octanol–water partition coefficient (Wildman–Crippen LogP) is 2.62. The largest absolute Gasteiger partial charge is 0.480 e. The van der Waals surface area contributed by atoms with Gasteiger partial charge >= 0.3 is 5.97 Å². The summed E-state index contributed by atoms with van der Waals surface area (Å²) in [6.45, 7) is 3.81. The van der Waals surface area contributed by atoms with Gasteiger partial charge in [-0.2, -0.15) is 11.8 Å². The first-order valence-electron chi connectivity index (χ1n) is 14.1. The number of fused-ring (bicyclic) bond motifs is 1. The van der Waals surface area contributed by atoms with Crippen molar-refractivity contribution in [2.45, 2.75) is 63.7 Å². The van der Waals surface area contributed by atoms with Gasteiger partial charge in [0.25, 0.3) is 0 Å². The maximum absolute atomic E-state index is 13.8. The molecular formula is C31H41N5O5S. The third kappa shape index (κ3) is 9.09. The molecule has 3 rings (SSSR count). The van der Waals surface area contributed by atoms with E-state index in [0.717, 1.165) is 22.0 Å². The van der Waals surface area contributed by atoms with Crippen molar-refractivity contribution < 1.29 is 24.3 Å². The summed E-state index contributed by atoms with van der Waals surface area (Å²) in [6.07, 6.45) is 4.86. The SMILES string of the molecule is CCC(C)C(N)C(=O)NC(Cc1c[nH]c2ccccc12)C(=O)NC(Cc1ccccc1)C(=O)NC(CCSC)C(=O)O. The minimum absolute atomic E-state index is 0.104. The minimum Gasteiger partial charge on any atom is -0.480 e. The summed E-state index contributed by atoms with van der Waals surface area (Å²) in [6, 6.07) is 12.7. The van der Waals surface area contributed by atoms with Gasteiger partial charge in [-0.25, -0.2) is 4.79 Å². The van der Waals surface area contributed by atoms with E-state index in [4.69, 9.17) is 5.73 Å². The Morgan fingerprint density at radius 1 is 0.881 bits per heavy atom. The zero-order chi connectivity index (χ0) is 30.6. The second kappa shape index (κ2) is 16.0. The molecular weight excluding hydrogens is 554 g/mol. The van der Waals surface area contributed by atoms with E-state index in [0.29, 0.717) is 12.2 Å². The van der Waals surface area contributed by atoms with E-state index in [9.17, 15) is 24.3 Å². The van der Waals surface area contributed by atoms with Gasteiger partial charge < -0.3 is 31.8 Å². The summed E-state index contributed by atoms with van der Waals surface area (Å²) >= 11 is 1.48. The number of amides is 3. The van der Waals surface area contributed by atoms with E-state index in [2.05, 4.69) is 20.9 Å². The fourth-order valence-corrected chi connectivity index (χ4v) is 5.08. The van der Waals surface area contributed by atoms with Crippen LogP contribution in [0, 0.1) is 5.92 Å². The zero-order valence-electron chi connectivity index (χ0n) is 24.3. The molecule has 1 heterocycles. The van der Waals surface area contributed by atoms with Crippen LogP contribution in [0.25, 0.3) is 10.9 Å². The highest BCUT2D eigenvalue weighted by molar-refractivity contribution is 7.98. The third-order valence-corrected chi connectivity index (χ3v) is 8.08. The average Bonchev–Trinajstić information content (AvgIpc) is 3.40. The minimum atomic E-state index is -1.15. The lowest BCUT2D eigenvalue weighted by Crippen LogP contribution is -2.58. The van der Waals surface area contributed by atoms with Crippen LogP contribution in [0.15, 0.2) is 60.8 Å². The molecule has 3 aromatic rings. The molecule has 0 saturated carbocycles. The number of nitrogens with two attached hydrogens (primary N) is 1. The van der Waals surface area contributed by atoms with Crippen LogP contribution in [0.1, 0.15) is 37.8 Å². The number of nitrogens with one attached hydrogen (secondary N) is 4. The van der Waals surface area contributed by atoms with Gasteiger partial charge in [-0.15, -0.1) is 0 Å². The summed E-state index contributed by atoms with van der Waals surface area (Å²) < 4.78 is 0. The van der Waals surface area contributed by atoms with E-state index in [1.54, 1.807) is 6.20 Å². The highest BCUT2D eigenvalue weighted by atomic mass is 32.2. The number of carboxylic acid groups (broad SMARTS) is 1. The number of carbonyl (C=O) groups excluding carboxylic acids is 3. The lowest BCUT2D eigenvalue weighted by atomic mass is 9.98. The van der Waals surface area contributed by atoms with Crippen molar-refractivity contribution in [3.63, 3.8) is 0 Å². The van der Waals surface area contributed by atoms with E-state index in [1.165, 1.54) is 11.8 Å². The number of aromatic nitrogens is 1. The summed E-state index contributed by atoms with van der Waals surface area (Å²) in [5.74, 6) is -2.36. The maximum atomic E-state index is 13.8. The summed E-state index contributed by atoms with van der Waals surface area (Å²) in [5, 5.41) is 18.8. The fraction of sp³-hybridized carbons (Fsp3) is 0.419. The summed E-state index contributed by atoms with van der Waals surface area (Å²) in [7, 11) is 0. The Bertz CT molecular complexity index is 1350. The van der Waals surface area contributed by atoms with Gasteiger partial charge in [0, 0.05) is 29.9 Å². The first-order chi connectivity index (χ1) is 20.1. The molecule has 0 saturated heterocycles. The molecule has 5 atom stereocenters. The number of para-hydroxylation sites is 1. The lowest BCUT2D eigenvalue weighted by Gasteiger charge is -2.26. The van der Waals surface area contributed by atoms with Crippen LogP contribution in [0.5, 0.6) is 0 Å². The first-order valence-corrected chi connectivity index (χ1v) is 15.5. The van der Waals surface area contributed by atoms with E-state index < -0.39 is 47.9 Å². The number of hydrogen-bond donors (Lipinski definition) is 6. The topological polar surface area (TPSA) is 166 Å². The number of thioether (sulfide) groups is 1. The molecule has 1 aromatic heterocycles. The zero-order valence-corrected chi connectivity index (χ0v) is 25.1. The number of rotatable bonds is 16. The maximum Gasteiger partial charge on any atom is 0.326 e. The average molecular weight is 596 g/mol. The first kappa shape index (κ1) is 32.7. The Morgan fingerprint density at radius 3 is 2.12 bits per heavy atom. The second-order valence-electron chi connectivity index (χ2n) is 10.5. The lowest BCUT2D eigenvalue weighted by molar-refractivity contribution is -0.142. The van der Waals surface area contributed by atoms with E-state index >= 15 is 0 Å². The number of carbonyl (C=O) groups is 4. The Balaban J connectivity index is 1.89.